The number of nitrogens with zero attached hydrogens (tertiary/aromatic N) is 1. The van der Waals surface area contributed by atoms with Crippen molar-refractivity contribution in [3.63, 3.8) is 0 Å². The number of carbonyl (C=O) groups is 1. The summed E-state index contributed by atoms with van der Waals surface area (Å²) in [6.45, 7) is 7.94. The number of hydrogen-bond acceptors (Lipinski definition) is 2. The standard InChI is InChI=1S/C8H13NO2.C2H6/c1-7(10)9-4-5-11-8(6-9)2-3-8;1-2/h2-6H2,1H3;1-2H3. The van der Waals surface area contributed by atoms with Crippen LogP contribution < -0.4 is 0 Å². The first-order valence-corrected chi connectivity index (χ1v) is 5.11. The van der Waals surface area contributed by atoms with E-state index in [1.807, 2.05) is 18.7 Å². The fraction of sp³-hybridized carbons (Fsp3) is 0.900. The summed E-state index contributed by atoms with van der Waals surface area (Å²) in [6.07, 6.45) is 2.27. The Labute approximate surface area is 80.1 Å². The molecular formula is C10H19NO2. The molecule has 1 saturated heterocycles. The van der Waals surface area contributed by atoms with E-state index in [4.69, 9.17) is 4.74 Å². The van der Waals surface area contributed by atoms with Gasteiger partial charge in [0.15, 0.2) is 0 Å². The first-order valence-electron chi connectivity index (χ1n) is 5.11. The van der Waals surface area contributed by atoms with Crippen molar-refractivity contribution in [2.45, 2.75) is 39.2 Å². The van der Waals surface area contributed by atoms with Gasteiger partial charge in [0.05, 0.1) is 12.2 Å². The number of amides is 1. The molecule has 3 heteroatoms. The highest BCUT2D eigenvalue weighted by Gasteiger charge is 2.47. The normalized spacial score (nSPS) is 23.5. The van der Waals surface area contributed by atoms with Gasteiger partial charge in [0.1, 0.15) is 0 Å². The van der Waals surface area contributed by atoms with Crippen molar-refractivity contribution in [1.82, 2.24) is 4.90 Å². The van der Waals surface area contributed by atoms with Gasteiger partial charge < -0.3 is 9.64 Å². The largest absolute Gasteiger partial charge is 0.371 e. The second-order valence-electron chi connectivity index (χ2n) is 3.47. The quantitative estimate of drug-likeness (QED) is 0.571. The van der Waals surface area contributed by atoms with Crippen LogP contribution in [0.5, 0.6) is 0 Å². The highest BCUT2D eigenvalue weighted by Crippen LogP contribution is 2.41. The van der Waals surface area contributed by atoms with Crippen molar-refractivity contribution in [3.8, 4) is 0 Å². The molecule has 76 valence electrons. The molecule has 2 fully saturated rings. The molecule has 0 aromatic carbocycles. The second kappa shape index (κ2) is 4.09. The van der Waals surface area contributed by atoms with Gasteiger partial charge in [-0.2, -0.15) is 0 Å². The molecule has 0 bridgehead atoms. The van der Waals surface area contributed by atoms with Crippen LogP contribution in [0, 0.1) is 0 Å². The lowest BCUT2D eigenvalue weighted by Crippen LogP contribution is -2.45. The Kier molecular flexibility index (Phi) is 3.31. The van der Waals surface area contributed by atoms with E-state index in [1.165, 1.54) is 0 Å². The van der Waals surface area contributed by atoms with E-state index in [1.54, 1.807) is 6.92 Å². The molecular weight excluding hydrogens is 166 g/mol. The third-order valence-corrected chi connectivity index (χ3v) is 2.50. The van der Waals surface area contributed by atoms with E-state index < -0.39 is 0 Å². The zero-order valence-electron chi connectivity index (χ0n) is 8.80. The molecule has 0 atom stereocenters. The average Bonchev–Trinajstić information content (AvgIpc) is 2.88. The van der Waals surface area contributed by atoms with Gasteiger partial charge >= 0.3 is 0 Å². The summed E-state index contributed by atoms with van der Waals surface area (Å²) in [4.78, 5) is 12.9. The van der Waals surface area contributed by atoms with Crippen LogP contribution in [0.15, 0.2) is 0 Å². The van der Waals surface area contributed by atoms with Crippen molar-refractivity contribution in [3.05, 3.63) is 0 Å². The minimum absolute atomic E-state index is 0.0872. The van der Waals surface area contributed by atoms with E-state index >= 15 is 0 Å². The molecule has 0 aromatic heterocycles. The van der Waals surface area contributed by atoms with Crippen molar-refractivity contribution < 1.29 is 9.53 Å². The number of hydrogen-bond donors (Lipinski definition) is 0. The first-order chi connectivity index (χ1) is 6.22. The first kappa shape index (κ1) is 10.5. The molecule has 1 spiro atoms. The van der Waals surface area contributed by atoms with Crippen LogP contribution in [0.1, 0.15) is 33.6 Å². The summed E-state index contributed by atoms with van der Waals surface area (Å²) >= 11 is 0. The summed E-state index contributed by atoms with van der Waals surface area (Å²) in [6, 6.07) is 0. The summed E-state index contributed by atoms with van der Waals surface area (Å²) < 4.78 is 5.56. The molecule has 0 aromatic rings. The maximum absolute atomic E-state index is 11.0. The Morgan fingerprint density at radius 3 is 2.46 bits per heavy atom. The van der Waals surface area contributed by atoms with Crippen molar-refractivity contribution in [1.29, 1.82) is 0 Å². The average molecular weight is 185 g/mol. The van der Waals surface area contributed by atoms with Crippen LogP contribution in [0.3, 0.4) is 0 Å². The molecule has 1 aliphatic carbocycles. The molecule has 0 radical (unpaired) electrons. The third kappa shape index (κ3) is 2.44. The Morgan fingerprint density at radius 1 is 1.38 bits per heavy atom. The maximum atomic E-state index is 11.0. The fourth-order valence-corrected chi connectivity index (χ4v) is 1.56. The van der Waals surface area contributed by atoms with Gasteiger partial charge in [-0.15, -0.1) is 0 Å². The van der Waals surface area contributed by atoms with Gasteiger partial charge in [0.25, 0.3) is 0 Å². The number of carbonyl (C=O) groups excluding carboxylic acids is 1. The lowest BCUT2D eigenvalue weighted by atomic mass is 10.2. The third-order valence-electron chi connectivity index (χ3n) is 2.50. The van der Waals surface area contributed by atoms with Crippen molar-refractivity contribution in [2.75, 3.05) is 19.7 Å². The Hall–Kier alpha value is -0.570. The van der Waals surface area contributed by atoms with Gasteiger partial charge in [-0.05, 0) is 12.8 Å². The van der Waals surface area contributed by atoms with Crippen LogP contribution in [-0.2, 0) is 9.53 Å². The summed E-state index contributed by atoms with van der Waals surface area (Å²) in [7, 11) is 0. The van der Waals surface area contributed by atoms with E-state index in [0.717, 1.165) is 32.5 Å². The van der Waals surface area contributed by atoms with E-state index in [9.17, 15) is 4.79 Å². The van der Waals surface area contributed by atoms with Crippen molar-refractivity contribution in [2.24, 2.45) is 0 Å². The smallest absolute Gasteiger partial charge is 0.219 e. The van der Waals surface area contributed by atoms with Crippen LogP contribution in [0.2, 0.25) is 0 Å². The molecule has 1 heterocycles. The maximum Gasteiger partial charge on any atom is 0.219 e. The molecule has 1 aliphatic heterocycles. The zero-order valence-corrected chi connectivity index (χ0v) is 8.80. The van der Waals surface area contributed by atoms with Crippen LogP contribution in [0.25, 0.3) is 0 Å². The minimum Gasteiger partial charge on any atom is -0.371 e. The molecule has 3 nitrogen and oxygen atoms in total. The monoisotopic (exact) mass is 185 g/mol. The van der Waals surface area contributed by atoms with Gasteiger partial charge in [-0.25, -0.2) is 0 Å². The fourth-order valence-electron chi connectivity index (χ4n) is 1.56. The van der Waals surface area contributed by atoms with E-state index in [2.05, 4.69) is 0 Å². The van der Waals surface area contributed by atoms with Gasteiger partial charge in [0, 0.05) is 20.0 Å². The predicted molar refractivity (Wildman–Crippen MR) is 51.5 cm³/mol. The predicted octanol–water partition coefficient (Wildman–Crippen LogP) is 1.42. The van der Waals surface area contributed by atoms with Crippen LogP contribution in [-0.4, -0.2) is 36.1 Å². The van der Waals surface area contributed by atoms with Crippen LogP contribution >= 0.6 is 0 Å². The summed E-state index contributed by atoms with van der Waals surface area (Å²) in [5.41, 5.74) is 0.0872. The Bertz CT molecular complexity index is 187. The molecule has 2 aliphatic rings. The van der Waals surface area contributed by atoms with E-state index in [0.29, 0.717) is 0 Å². The second-order valence-corrected chi connectivity index (χ2v) is 3.47. The highest BCUT2D eigenvalue weighted by atomic mass is 16.5. The molecule has 2 rings (SSSR count). The molecule has 1 amide bonds. The van der Waals surface area contributed by atoms with Crippen LogP contribution in [0.4, 0.5) is 0 Å². The van der Waals surface area contributed by atoms with Gasteiger partial charge in [-0.1, -0.05) is 13.8 Å². The SMILES string of the molecule is CC.CC(=O)N1CCOC2(CC2)C1. The zero-order chi connectivity index (χ0) is 9.90. The lowest BCUT2D eigenvalue weighted by Gasteiger charge is -2.32. The van der Waals surface area contributed by atoms with E-state index in [-0.39, 0.29) is 11.5 Å². The number of morpholine rings is 1. The summed E-state index contributed by atoms with van der Waals surface area (Å²) in [5.74, 6) is 0.180. The van der Waals surface area contributed by atoms with Gasteiger partial charge in [-0.3, -0.25) is 4.79 Å². The lowest BCUT2D eigenvalue weighted by molar-refractivity contribution is -0.138. The molecule has 1 saturated carbocycles. The summed E-state index contributed by atoms with van der Waals surface area (Å²) in [5, 5.41) is 0. The minimum atomic E-state index is 0.0872. The Balaban J connectivity index is 0.000000396. The molecule has 0 N–H and O–H groups in total. The molecule has 0 unspecified atom stereocenters. The highest BCUT2D eigenvalue weighted by molar-refractivity contribution is 5.73. The number of rotatable bonds is 0. The van der Waals surface area contributed by atoms with Gasteiger partial charge in [0.2, 0.25) is 5.91 Å². The molecule has 13 heavy (non-hydrogen) atoms. The topological polar surface area (TPSA) is 29.5 Å². The Morgan fingerprint density at radius 2 is 2.00 bits per heavy atom. The van der Waals surface area contributed by atoms with Crippen molar-refractivity contribution >= 4 is 5.91 Å². The number of ether oxygens (including phenoxy) is 1.